The highest BCUT2D eigenvalue weighted by atomic mass is 79.9. The number of benzene rings is 1. The molecular formula is C12H16BrNO. The molecule has 1 fully saturated rings. The van der Waals surface area contributed by atoms with Gasteiger partial charge >= 0.3 is 0 Å². The van der Waals surface area contributed by atoms with Crippen molar-refractivity contribution in [2.45, 2.75) is 25.5 Å². The molecule has 2 rings (SSSR count). The molecule has 0 spiro atoms. The maximum atomic E-state index is 6.20. The summed E-state index contributed by atoms with van der Waals surface area (Å²) >= 11 is 3.42. The van der Waals surface area contributed by atoms with Crippen LogP contribution in [0.15, 0.2) is 28.7 Å². The van der Waals surface area contributed by atoms with Gasteiger partial charge in [0.15, 0.2) is 0 Å². The average molecular weight is 270 g/mol. The Bertz CT molecular complexity index is 325. The zero-order valence-corrected chi connectivity index (χ0v) is 10.4. The number of ether oxygens (including phenoxy) is 1. The maximum absolute atomic E-state index is 6.20. The molecule has 0 aromatic heterocycles. The molecule has 2 N–H and O–H groups in total. The van der Waals surface area contributed by atoms with E-state index in [9.17, 15) is 0 Å². The summed E-state index contributed by atoms with van der Waals surface area (Å²) in [6.07, 6.45) is 1.29. The summed E-state index contributed by atoms with van der Waals surface area (Å²) in [4.78, 5) is 0. The molecule has 0 bridgehead atoms. The first-order valence-electron chi connectivity index (χ1n) is 5.31. The van der Waals surface area contributed by atoms with Gasteiger partial charge in [-0.2, -0.15) is 0 Å². The predicted octanol–water partition coefficient (Wildman–Crippen LogP) is 2.87. The van der Waals surface area contributed by atoms with Gasteiger partial charge < -0.3 is 10.5 Å². The van der Waals surface area contributed by atoms with Crippen LogP contribution in [0.25, 0.3) is 0 Å². The predicted molar refractivity (Wildman–Crippen MR) is 64.6 cm³/mol. The minimum absolute atomic E-state index is 0.00407. The van der Waals surface area contributed by atoms with Crippen LogP contribution in [0.5, 0.6) is 0 Å². The summed E-state index contributed by atoms with van der Waals surface area (Å²) in [6, 6.07) is 8.16. The first kappa shape index (κ1) is 11.1. The maximum Gasteiger partial charge on any atom is 0.0793 e. The molecule has 1 aromatic carbocycles. The van der Waals surface area contributed by atoms with Crippen LogP contribution >= 0.6 is 15.9 Å². The lowest BCUT2D eigenvalue weighted by molar-refractivity contribution is 0.0725. The topological polar surface area (TPSA) is 35.2 Å². The molecule has 1 aliphatic rings. The van der Waals surface area contributed by atoms with Gasteiger partial charge in [-0.3, -0.25) is 0 Å². The Morgan fingerprint density at radius 2 is 2.07 bits per heavy atom. The van der Waals surface area contributed by atoms with Crippen molar-refractivity contribution in [3.63, 3.8) is 0 Å². The summed E-state index contributed by atoms with van der Waals surface area (Å²) in [6.45, 7) is 3.05. The van der Waals surface area contributed by atoms with Crippen LogP contribution < -0.4 is 5.73 Å². The fraction of sp³-hybridized carbons (Fsp3) is 0.500. The smallest absolute Gasteiger partial charge is 0.0793 e. The molecule has 0 saturated carbocycles. The molecular weight excluding hydrogens is 254 g/mol. The summed E-state index contributed by atoms with van der Waals surface area (Å²) in [5, 5.41) is 0. The van der Waals surface area contributed by atoms with Crippen molar-refractivity contribution in [3.8, 4) is 0 Å². The first-order chi connectivity index (χ1) is 7.18. The summed E-state index contributed by atoms with van der Waals surface area (Å²) < 4.78 is 6.76. The lowest BCUT2D eigenvalue weighted by atomic mass is 9.93. The zero-order valence-electron chi connectivity index (χ0n) is 8.82. The fourth-order valence-electron chi connectivity index (χ4n) is 2.05. The van der Waals surface area contributed by atoms with Crippen LogP contribution in [0.1, 0.15) is 24.9 Å². The zero-order chi connectivity index (χ0) is 10.8. The summed E-state index contributed by atoms with van der Waals surface area (Å²) in [7, 11) is 0. The van der Waals surface area contributed by atoms with E-state index in [1.54, 1.807) is 0 Å². The van der Waals surface area contributed by atoms with E-state index in [0.717, 1.165) is 23.1 Å². The second-order valence-corrected chi connectivity index (χ2v) is 5.09. The van der Waals surface area contributed by atoms with Crippen molar-refractivity contribution in [2.75, 3.05) is 6.61 Å². The molecule has 82 valence electrons. The Balaban J connectivity index is 2.13. The average Bonchev–Trinajstić information content (AvgIpc) is 2.65. The van der Waals surface area contributed by atoms with E-state index in [1.165, 1.54) is 0 Å². The monoisotopic (exact) mass is 269 g/mol. The normalized spacial score (nSPS) is 27.9. The fourth-order valence-corrected chi connectivity index (χ4v) is 2.32. The molecule has 0 amide bonds. The van der Waals surface area contributed by atoms with Gasteiger partial charge in [-0.15, -0.1) is 0 Å². The third-order valence-corrected chi connectivity index (χ3v) is 3.58. The highest BCUT2D eigenvalue weighted by Gasteiger charge is 2.30. The highest BCUT2D eigenvalue weighted by Crippen LogP contribution is 2.30. The minimum atomic E-state index is -0.00407. The second-order valence-electron chi connectivity index (χ2n) is 4.18. The molecule has 1 saturated heterocycles. The number of nitrogens with two attached hydrogens (primary N) is 1. The Hall–Kier alpha value is -0.380. The van der Waals surface area contributed by atoms with Crippen LogP contribution in [0.2, 0.25) is 0 Å². The molecule has 0 aliphatic carbocycles. The lowest BCUT2D eigenvalue weighted by Crippen LogP contribution is -2.29. The number of halogens is 1. The van der Waals surface area contributed by atoms with Gasteiger partial charge in [-0.05, 0) is 30.0 Å². The van der Waals surface area contributed by atoms with Gasteiger partial charge in [0, 0.05) is 11.1 Å². The summed E-state index contributed by atoms with van der Waals surface area (Å²) in [5.74, 6) is 0.559. The number of rotatable bonds is 2. The Morgan fingerprint density at radius 1 is 1.40 bits per heavy atom. The van der Waals surface area contributed by atoms with Crippen molar-refractivity contribution >= 4 is 15.9 Å². The third-order valence-electron chi connectivity index (χ3n) is 3.05. The molecule has 1 heterocycles. The van der Waals surface area contributed by atoms with Crippen LogP contribution in [0.3, 0.4) is 0 Å². The molecule has 3 heteroatoms. The Kier molecular flexibility index (Phi) is 3.44. The highest BCUT2D eigenvalue weighted by molar-refractivity contribution is 9.10. The van der Waals surface area contributed by atoms with Gasteiger partial charge in [0.05, 0.1) is 12.1 Å². The molecule has 0 radical (unpaired) electrons. The standard InChI is InChI=1S/C12H16BrNO/c1-8-6-7-15-12(8)11(14)9-2-4-10(13)5-3-9/h2-5,8,11-12H,6-7,14H2,1H3. The van der Waals surface area contributed by atoms with Gasteiger partial charge in [0.25, 0.3) is 0 Å². The lowest BCUT2D eigenvalue weighted by Gasteiger charge is -2.22. The van der Waals surface area contributed by atoms with E-state index >= 15 is 0 Å². The Labute approximate surface area is 98.9 Å². The van der Waals surface area contributed by atoms with Crippen LogP contribution in [-0.2, 0) is 4.74 Å². The van der Waals surface area contributed by atoms with Crippen LogP contribution in [-0.4, -0.2) is 12.7 Å². The molecule has 3 unspecified atom stereocenters. The largest absolute Gasteiger partial charge is 0.376 e. The molecule has 15 heavy (non-hydrogen) atoms. The molecule has 1 aliphatic heterocycles. The van der Waals surface area contributed by atoms with E-state index < -0.39 is 0 Å². The SMILES string of the molecule is CC1CCOC1C(N)c1ccc(Br)cc1. The van der Waals surface area contributed by atoms with E-state index in [-0.39, 0.29) is 12.1 Å². The van der Waals surface area contributed by atoms with Crippen LogP contribution in [0, 0.1) is 5.92 Å². The van der Waals surface area contributed by atoms with E-state index in [1.807, 2.05) is 12.1 Å². The number of hydrogen-bond acceptors (Lipinski definition) is 2. The molecule has 2 nitrogen and oxygen atoms in total. The molecule has 1 aromatic rings. The van der Waals surface area contributed by atoms with E-state index in [2.05, 4.69) is 35.0 Å². The van der Waals surface area contributed by atoms with E-state index in [4.69, 9.17) is 10.5 Å². The third kappa shape index (κ3) is 2.41. The van der Waals surface area contributed by atoms with Gasteiger partial charge in [0.2, 0.25) is 0 Å². The molecule has 3 atom stereocenters. The van der Waals surface area contributed by atoms with Gasteiger partial charge in [-0.25, -0.2) is 0 Å². The minimum Gasteiger partial charge on any atom is -0.376 e. The van der Waals surface area contributed by atoms with Crippen molar-refractivity contribution < 1.29 is 4.74 Å². The van der Waals surface area contributed by atoms with Gasteiger partial charge in [-0.1, -0.05) is 35.0 Å². The Morgan fingerprint density at radius 3 is 2.60 bits per heavy atom. The van der Waals surface area contributed by atoms with Crippen molar-refractivity contribution in [2.24, 2.45) is 11.7 Å². The number of hydrogen-bond donors (Lipinski definition) is 1. The van der Waals surface area contributed by atoms with Gasteiger partial charge in [0.1, 0.15) is 0 Å². The van der Waals surface area contributed by atoms with Crippen molar-refractivity contribution in [1.82, 2.24) is 0 Å². The first-order valence-corrected chi connectivity index (χ1v) is 6.10. The summed E-state index contributed by atoms with van der Waals surface area (Å²) in [5.41, 5.74) is 7.35. The van der Waals surface area contributed by atoms with E-state index in [0.29, 0.717) is 5.92 Å². The van der Waals surface area contributed by atoms with Crippen molar-refractivity contribution in [3.05, 3.63) is 34.3 Å². The second kappa shape index (κ2) is 4.64. The van der Waals surface area contributed by atoms with Crippen molar-refractivity contribution in [1.29, 1.82) is 0 Å². The van der Waals surface area contributed by atoms with Crippen LogP contribution in [0.4, 0.5) is 0 Å². The quantitative estimate of drug-likeness (QED) is 0.896.